The van der Waals surface area contributed by atoms with E-state index in [0.29, 0.717) is 38.9 Å². The van der Waals surface area contributed by atoms with E-state index in [-0.39, 0.29) is 41.0 Å². The number of nitrogens with zero attached hydrogens (tertiary/aromatic N) is 2. The minimum absolute atomic E-state index is 0.0181. The fourth-order valence-electron chi connectivity index (χ4n) is 7.97. The molecule has 1 saturated heterocycles. The summed E-state index contributed by atoms with van der Waals surface area (Å²) in [5.41, 5.74) is 0.221. The predicted octanol–water partition coefficient (Wildman–Crippen LogP) is 2.65. The molecule has 5 rings (SSSR count). The Labute approximate surface area is 205 Å². The van der Waals surface area contributed by atoms with Gasteiger partial charge in [-0.3, -0.25) is 14.4 Å². The number of amides is 3. The molecule has 1 aliphatic heterocycles. The van der Waals surface area contributed by atoms with Crippen molar-refractivity contribution in [1.82, 2.24) is 20.4 Å². The predicted molar refractivity (Wildman–Crippen MR) is 133 cm³/mol. The molecule has 0 unspecified atom stereocenters. The van der Waals surface area contributed by atoms with Crippen molar-refractivity contribution < 1.29 is 14.4 Å². The van der Waals surface area contributed by atoms with Crippen LogP contribution in [-0.4, -0.2) is 74.3 Å². The maximum absolute atomic E-state index is 12.7. The van der Waals surface area contributed by atoms with E-state index >= 15 is 0 Å². The van der Waals surface area contributed by atoms with Crippen LogP contribution in [0, 0.1) is 34.5 Å². The van der Waals surface area contributed by atoms with Gasteiger partial charge in [0.05, 0.1) is 6.54 Å². The average Bonchev–Trinajstić information content (AvgIpc) is 2.74. The zero-order chi connectivity index (χ0) is 24.5. The summed E-state index contributed by atoms with van der Waals surface area (Å²) < 4.78 is 0. The molecule has 7 nitrogen and oxygen atoms in total. The summed E-state index contributed by atoms with van der Waals surface area (Å²) in [7, 11) is 4.09. The molecule has 1 heterocycles. The van der Waals surface area contributed by atoms with Gasteiger partial charge >= 0.3 is 0 Å². The standard InChI is InChI=1S/C27H46N4O3/c1-26(2,18-30(3)4)17-29-25(34)22-5-7-31(8-6-22)24(33)16-28-23(32)15-27-12-19-9-20(13-27)11-21(10-19)14-27/h19-22H,5-18H2,1-4H3,(H,28,32)(H,29,34). The lowest BCUT2D eigenvalue weighted by atomic mass is 9.49. The van der Waals surface area contributed by atoms with E-state index in [1.54, 1.807) is 0 Å². The van der Waals surface area contributed by atoms with E-state index in [1.165, 1.54) is 38.5 Å². The van der Waals surface area contributed by atoms with Gasteiger partial charge in [-0.15, -0.1) is 0 Å². The molecule has 0 aromatic rings. The van der Waals surface area contributed by atoms with Crippen LogP contribution in [0.3, 0.4) is 0 Å². The van der Waals surface area contributed by atoms with Crippen molar-refractivity contribution in [2.24, 2.45) is 34.5 Å². The molecule has 5 aliphatic rings. The SMILES string of the molecule is CN(C)CC(C)(C)CNC(=O)C1CCN(C(=O)CNC(=O)CC23CC4CC(CC(C4)C2)C3)CC1. The topological polar surface area (TPSA) is 81.8 Å². The highest BCUT2D eigenvalue weighted by atomic mass is 16.2. The molecule has 4 aliphatic carbocycles. The third kappa shape index (κ3) is 6.32. The zero-order valence-electron chi connectivity index (χ0n) is 21.8. The molecule has 7 heteroatoms. The molecule has 0 aromatic carbocycles. The highest BCUT2D eigenvalue weighted by molar-refractivity contribution is 5.85. The summed E-state index contributed by atoms with van der Waals surface area (Å²) in [4.78, 5) is 42.0. The summed E-state index contributed by atoms with van der Waals surface area (Å²) in [6.45, 7) is 7.14. The number of hydrogen-bond donors (Lipinski definition) is 2. The van der Waals surface area contributed by atoms with Gasteiger partial charge in [-0.2, -0.15) is 0 Å². The van der Waals surface area contributed by atoms with Crippen molar-refractivity contribution in [3.63, 3.8) is 0 Å². The molecule has 4 saturated carbocycles. The number of carbonyl (C=O) groups excluding carboxylic acids is 3. The monoisotopic (exact) mass is 474 g/mol. The van der Waals surface area contributed by atoms with Crippen LogP contribution in [0.15, 0.2) is 0 Å². The van der Waals surface area contributed by atoms with E-state index in [2.05, 4.69) is 29.4 Å². The molecule has 192 valence electrons. The fourth-order valence-corrected chi connectivity index (χ4v) is 7.97. The third-order valence-electron chi connectivity index (χ3n) is 8.84. The molecule has 0 atom stereocenters. The molecular formula is C27H46N4O3. The van der Waals surface area contributed by atoms with Crippen LogP contribution < -0.4 is 10.6 Å². The lowest BCUT2D eigenvalue weighted by molar-refractivity contribution is -0.137. The minimum atomic E-state index is -0.0371. The molecule has 4 bridgehead atoms. The summed E-state index contributed by atoms with van der Waals surface area (Å²) in [6, 6.07) is 0. The van der Waals surface area contributed by atoms with Crippen LogP contribution in [0.5, 0.6) is 0 Å². The Bertz CT molecular complexity index is 735. The van der Waals surface area contributed by atoms with Gasteiger partial charge in [-0.25, -0.2) is 0 Å². The largest absolute Gasteiger partial charge is 0.355 e. The summed E-state index contributed by atoms with van der Waals surface area (Å²) in [6.07, 6.45) is 9.73. The first-order valence-electron chi connectivity index (χ1n) is 13.5. The molecule has 0 aromatic heterocycles. The van der Waals surface area contributed by atoms with Crippen LogP contribution in [0.4, 0.5) is 0 Å². The second-order valence-electron chi connectivity index (χ2n) is 13.1. The Morgan fingerprint density at radius 2 is 1.50 bits per heavy atom. The molecule has 0 radical (unpaired) electrons. The van der Waals surface area contributed by atoms with Gasteiger partial charge in [0, 0.05) is 38.5 Å². The maximum Gasteiger partial charge on any atom is 0.241 e. The van der Waals surface area contributed by atoms with Gasteiger partial charge < -0.3 is 20.4 Å². The van der Waals surface area contributed by atoms with Gasteiger partial charge in [-0.1, -0.05) is 13.8 Å². The molecular weight excluding hydrogens is 428 g/mol. The number of hydrogen-bond acceptors (Lipinski definition) is 4. The highest BCUT2D eigenvalue weighted by Gasteiger charge is 2.51. The van der Waals surface area contributed by atoms with Crippen molar-refractivity contribution in [3.8, 4) is 0 Å². The molecule has 5 fully saturated rings. The Morgan fingerprint density at radius 1 is 0.941 bits per heavy atom. The highest BCUT2D eigenvalue weighted by Crippen LogP contribution is 2.61. The number of likely N-dealkylation sites (tertiary alicyclic amines) is 1. The fraction of sp³-hybridized carbons (Fsp3) is 0.889. The average molecular weight is 475 g/mol. The van der Waals surface area contributed by atoms with E-state index in [4.69, 9.17) is 0 Å². The van der Waals surface area contributed by atoms with Crippen molar-refractivity contribution in [2.75, 3.05) is 46.8 Å². The van der Waals surface area contributed by atoms with Crippen LogP contribution in [0.2, 0.25) is 0 Å². The lowest BCUT2D eigenvalue weighted by Crippen LogP contribution is -2.49. The zero-order valence-corrected chi connectivity index (χ0v) is 21.8. The Balaban J connectivity index is 1.15. The summed E-state index contributed by atoms with van der Waals surface area (Å²) >= 11 is 0. The minimum Gasteiger partial charge on any atom is -0.355 e. The second kappa shape index (κ2) is 10.2. The van der Waals surface area contributed by atoms with E-state index in [0.717, 1.165) is 24.3 Å². The van der Waals surface area contributed by atoms with Crippen molar-refractivity contribution >= 4 is 17.7 Å². The van der Waals surface area contributed by atoms with E-state index in [9.17, 15) is 14.4 Å². The number of rotatable bonds is 9. The first-order valence-corrected chi connectivity index (χ1v) is 13.5. The van der Waals surface area contributed by atoms with Crippen molar-refractivity contribution in [1.29, 1.82) is 0 Å². The van der Waals surface area contributed by atoms with Crippen molar-refractivity contribution in [3.05, 3.63) is 0 Å². The molecule has 2 N–H and O–H groups in total. The Morgan fingerprint density at radius 3 is 2.03 bits per heavy atom. The second-order valence-corrected chi connectivity index (χ2v) is 13.1. The Hall–Kier alpha value is -1.63. The van der Waals surface area contributed by atoms with Gasteiger partial charge in [-0.05, 0) is 94.0 Å². The van der Waals surface area contributed by atoms with Crippen LogP contribution >= 0.6 is 0 Å². The first-order chi connectivity index (χ1) is 16.0. The number of carbonyl (C=O) groups is 3. The van der Waals surface area contributed by atoms with Crippen LogP contribution in [-0.2, 0) is 14.4 Å². The molecule has 0 spiro atoms. The molecule has 34 heavy (non-hydrogen) atoms. The third-order valence-corrected chi connectivity index (χ3v) is 8.84. The molecule has 3 amide bonds. The number of piperidine rings is 1. The quantitative estimate of drug-likeness (QED) is 0.538. The van der Waals surface area contributed by atoms with Gasteiger partial charge in [0.15, 0.2) is 0 Å². The summed E-state index contributed by atoms with van der Waals surface area (Å²) in [5, 5.41) is 6.05. The Kier molecular flexibility index (Phi) is 7.61. The van der Waals surface area contributed by atoms with E-state index < -0.39 is 0 Å². The normalized spacial score (nSPS) is 31.1. The van der Waals surface area contributed by atoms with Crippen LogP contribution in [0.25, 0.3) is 0 Å². The lowest BCUT2D eigenvalue weighted by Gasteiger charge is -2.56. The first kappa shape index (κ1) is 25.5. The van der Waals surface area contributed by atoms with Gasteiger partial charge in [0.25, 0.3) is 0 Å². The van der Waals surface area contributed by atoms with E-state index in [1.807, 2.05) is 19.0 Å². The van der Waals surface area contributed by atoms with Crippen molar-refractivity contribution in [2.45, 2.75) is 71.6 Å². The maximum atomic E-state index is 12.7. The van der Waals surface area contributed by atoms with Gasteiger partial charge in [0.2, 0.25) is 17.7 Å². The van der Waals surface area contributed by atoms with Gasteiger partial charge in [0.1, 0.15) is 0 Å². The smallest absolute Gasteiger partial charge is 0.241 e. The summed E-state index contributed by atoms with van der Waals surface area (Å²) in [5.74, 6) is 2.58. The number of nitrogens with one attached hydrogen (secondary N) is 2. The van der Waals surface area contributed by atoms with Crippen LogP contribution in [0.1, 0.15) is 71.6 Å².